The molecule has 4 heteroatoms. The van der Waals surface area contributed by atoms with Gasteiger partial charge in [-0.3, -0.25) is 9.69 Å². The third kappa shape index (κ3) is 5.65. The highest BCUT2D eigenvalue weighted by atomic mass is 16.3. The van der Waals surface area contributed by atoms with Gasteiger partial charge in [0, 0.05) is 18.8 Å². The van der Waals surface area contributed by atoms with Crippen molar-refractivity contribution in [2.24, 2.45) is 0 Å². The second-order valence-electron chi connectivity index (χ2n) is 5.56. The molecule has 24 heavy (non-hydrogen) atoms. The number of amides is 1. The molecular weight excluding hydrogens is 300 g/mol. The van der Waals surface area contributed by atoms with E-state index in [1.807, 2.05) is 84.6 Å². The first-order valence-electron chi connectivity index (χ1n) is 8.13. The Bertz CT molecular complexity index is 641. The van der Waals surface area contributed by atoms with Crippen LogP contribution in [0.1, 0.15) is 12.5 Å². The van der Waals surface area contributed by atoms with Crippen LogP contribution in [-0.2, 0) is 4.79 Å². The maximum absolute atomic E-state index is 12.4. The van der Waals surface area contributed by atoms with Crippen LogP contribution >= 0.6 is 0 Å². The number of hydrogen-bond donors (Lipinski definition) is 2. The normalized spacial score (nSPS) is 12.5. The number of aliphatic hydroxyl groups excluding tert-OH is 1. The Labute approximate surface area is 143 Å². The highest BCUT2D eigenvalue weighted by Gasteiger charge is 2.19. The summed E-state index contributed by atoms with van der Waals surface area (Å²) >= 11 is 0. The number of nitrogens with zero attached hydrogens (tertiary/aromatic N) is 1. The molecule has 0 fully saturated rings. The largest absolute Gasteiger partial charge is 0.395 e. The summed E-state index contributed by atoms with van der Waals surface area (Å²) < 4.78 is 0. The smallest absolute Gasteiger partial charge is 0.241 e. The zero-order valence-corrected chi connectivity index (χ0v) is 13.9. The van der Waals surface area contributed by atoms with Crippen LogP contribution in [0.4, 0.5) is 5.69 Å². The molecule has 1 amide bonds. The second-order valence-corrected chi connectivity index (χ2v) is 5.56. The third-order valence-corrected chi connectivity index (χ3v) is 3.81. The molecule has 0 heterocycles. The minimum Gasteiger partial charge on any atom is -0.395 e. The number of nitrogens with one attached hydrogen (secondary N) is 1. The Balaban J connectivity index is 1.95. The van der Waals surface area contributed by atoms with Gasteiger partial charge in [0.1, 0.15) is 0 Å². The van der Waals surface area contributed by atoms with Crippen molar-refractivity contribution in [1.29, 1.82) is 0 Å². The van der Waals surface area contributed by atoms with Crippen molar-refractivity contribution in [2.45, 2.75) is 13.0 Å². The van der Waals surface area contributed by atoms with E-state index in [9.17, 15) is 9.90 Å². The summed E-state index contributed by atoms with van der Waals surface area (Å²) in [7, 11) is 0. The fourth-order valence-corrected chi connectivity index (χ4v) is 2.39. The molecule has 126 valence electrons. The van der Waals surface area contributed by atoms with Crippen LogP contribution < -0.4 is 5.32 Å². The van der Waals surface area contributed by atoms with Crippen molar-refractivity contribution in [3.05, 3.63) is 72.3 Å². The quantitative estimate of drug-likeness (QED) is 0.785. The molecule has 0 radical (unpaired) electrons. The minimum absolute atomic E-state index is 0.0160. The predicted octanol–water partition coefficient (Wildman–Crippen LogP) is 3.02. The van der Waals surface area contributed by atoms with Crippen LogP contribution in [-0.4, -0.2) is 41.7 Å². The van der Waals surface area contributed by atoms with Crippen LogP contribution in [0.2, 0.25) is 0 Å². The zero-order valence-electron chi connectivity index (χ0n) is 13.9. The van der Waals surface area contributed by atoms with Crippen LogP contribution in [0.25, 0.3) is 6.08 Å². The van der Waals surface area contributed by atoms with Crippen LogP contribution in [0, 0.1) is 0 Å². The van der Waals surface area contributed by atoms with Crippen molar-refractivity contribution in [3.8, 4) is 0 Å². The predicted molar refractivity (Wildman–Crippen MR) is 98.7 cm³/mol. The Morgan fingerprint density at radius 3 is 2.38 bits per heavy atom. The lowest BCUT2D eigenvalue weighted by atomic mass is 10.2. The van der Waals surface area contributed by atoms with Gasteiger partial charge in [-0.2, -0.15) is 0 Å². The fraction of sp³-hybridized carbons (Fsp3) is 0.250. The average Bonchev–Trinajstić information content (AvgIpc) is 2.62. The Kier molecular flexibility index (Phi) is 7.21. The second kappa shape index (κ2) is 9.65. The molecule has 0 saturated carbocycles. The monoisotopic (exact) mass is 324 g/mol. The Hall–Kier alpha value is -2.43. The Morgan fingerprint density at radius 1 is 1.12 bits per heavy atom. The van der Waals surface area contributed by atoms with E-state index in [1.54, 1.807) is 0 Å². The number of anilines is 1. The van der Waals surface area contributed by atoms with E-state index >= 15 is 0 Å². The molecule has 0 spiro atoms. The summed E-state index contributed by atoms with van der Waals surface area (Å²) in [6, 6.07) is 19.1. The molecule has 0 aliphatic rings. The van der Waals surface area contributed by atoms with Crippen molar-refractivity contribution in [3.63, 3.8) is 0 Å². The van der Waals surface area contributed by atoms with Crippen molar-refractivity contribution < 1.29 is 9.90 Å². The fourth-order valence-electron chi connectivity index (χ4n) is 2.39. The van der Waals surface area contributed by atoms with Gasteiger partial charge in [-0.1, -0.05) is 60.7 Å². The first-order valence-corrected chi connectivity index (χ1v) is 8.13. The lowest BCUT2D eigenvalue weighted by molar-refractivity contribution is -0.120. The van der Waals surface area contributed by atoms with E-state index in [2.05, 4.69) is 5.32 Å². The number of benzene rings is 2. The molecule has 0 bridgehead atoms. The minimum atomic E-state index is -0.335. The van der Waals surface area contributed by atoms with Crippen molar-refractivity contribution in [2.75, 3.05) is 25.0 Å². The summed E-state index contributed by atoms with van der Waals surface area (Å²) in [5.74, 6) is -0.0808. The van der Waals surface area contributed by atoms with Gasteiger partial charge in [-0.25, -0.2) is 0 Å². The molecule has 2 N–H and O–H groups in total. The van der Waals surface area contributed by atoms with E-state index in [0.717, 1.165) is 11.3 Å². The highest BCUT2D eigenvalue weighted by Crippen LogP contribution is 2.09. The molecule has 0 aliphatic heterocycles. The molecule has 0 saturated heterocycles. The van der Waals surface area contributed by atoms with Crippen molar-refractivity contribution >= 4 is 17.7 Å². The van der Waals surface area contributed by atoms with Gasteiger partial charge < -0.3 is 10.4 Å². The van der Waals surface area contributed by atoms with Crippen molar-refractivity contribution in [1.82, 2.24) is 4.90 Å². The molecule has 2 rings (SSSR count). The van der Waals surface area contributed by atoms with Gasteiger partial charge in [-0.05, 0) is 24.6 Å². The Morgan fingerprint density at radius 2 is 1.75 bits per heavy atom. The zero-order chi connectivity index (χ0) is 17.2. The summed E-state index contributed by atoms with van der Waals surface area (Å²) in [5, 5.41) is 12.2. The topological polar surface area (TPSA) is 52.6 Å². The maximum atomic E-state index is 12.4. The van der Waals surface area contributed by atoms with Gasteiger partial charge in [0.05, 0.1) is 12.6 Å². The lowest BCUT2D eigenvalue weighted by Crippen LogP contribution is -2.43. The average molecular weight is 324 g/mol. The number of rotatable bonds is 8. The molecule has 0 aliphatic carbocycles. The molecule has 0 aromatic heterocycles. The number of carbonyl (C=O) groups excluding carboxylic acids is 1. The van der Waals surface area contributed by atoms with E-state index in [1.165, 1.54) is 0 Å². The summed E-state index contributed by atoms with van der Waals surface area (Å²) in [5.41, 5.74) is 1.89. The van der Waals surface area contributed by atoms with Gasteiger partial charge >= 0.3 is 0 Å². The number of para-hydroxylation sites is 1. The third-order valence-electron chi connectivity index (χ3n) is 3.81. The van der Waals surface area contributed by atoms with Crippen LogP contribution in [0.3, 0.4) is 0 Å². The van der Waals surface area contributed by atoms with Crippen LogP contribution in [0.5, 0.6) is 0 Å². The molecular formula is C20H24N2O2. The molecule has 1 unspecified atom stereocenters. The van der Waals surface area contributed by atoms with E-state index < -0.39 is 0 Å². The summed E-state index contributed by atoms with van der Waals surface area (Å²) in [6.07, 6.45) is 4.03. The molecule has 4 nitrogen and oxygen atoms in total. The number of hydrogen-bond acceptors (Lipinski definition) is 3. The first-order chi connectivity index (χ1) is 11.7. The SMILES string of the molecule is CC(C(=O)Nc1ccccc1)N(C/C=C/c1ccccc1)CCO. The number of aliphatic hydroxyl groups is 1. The standard InChI is InChI=1S/C20H24N2O2/c1-17(20(24)21-19-12-6-3-7-13-19)22(15-16-23)14-8-11-18-9-4-2-5-10-18/h2-13,17,23H,14-16H2,1H3,(H,21,24)/b11-8+. The lowest BCUT2D eigenvalue weighted by Gasteiger charge is -2.26. The summed E-state index contributed by atoms with van der Waals surface area (Å²) in [4.78, 5) is 14.3. The number of carbonyl (C=O) groups is 1. The molecule has 2 aromatic rings. The van der Waals surface area contributed by atoms with Gasteiger partial charge in [0.2, 0.25) is 5.91 Å². The van der Waals surface area contributed by atoms with Crippen LogP contribution in [0.15, 0.2) is 66.7 Å². The van der Waals surface area contributed by atoms with Gasteiger partial charge in [0.15, 0.2) is 0 Å². The van der Waals surface area contributed by atoms with Gasteiger partial charge in [-0.15, -0.1) is 0 Å². The van der Waals surface area contributed by atoms with E-state index in [0.29, 0.717) is 13.1 Å². The van der Waals surface area contributed by atoms with E-state index in [4.69, 9.17) is 0 Å². The highest BCUT2D eigenvalue weighted by molar-refractivity contribution is 5.94. The first kappa shape index (κ1) is 17.9. The summed E-state index contributed by atoms with van der Waals surface area (Å²) in [6.45, 7) is 2.91. The maximum Gasteiger partial charge on any atom is 0.241 e. The van der Waals surface area contributed by atoms with Gasteiger partial charge in [0.25, 0.3) is 0 Å². The van der Waals surface area contributed by atoms with E-state index in [-0.39, 0.29) is 18.6 Å². The molecule has 1 atom stereocenters. The molecule has 2 aromatic carbocycles.